The third kappa shape index (κ3) is 3.73. The van der Waals surface area contributed by atoms with Gasteiger partial charge in [-0.05, 0) is 23.1 Å². The van der Waals surface area contributed by atoms with Gasteiger partial charge < -0.3 is 13.4 Å². The molecule has 1 aromatic carbocycles. The molecule has 0 aliphatic heterocycles. The Labute approximate surface area is 167 Å². The minimum absolute atomic E-state index is 0.123. The highest BCUT2D eigenvalue weighted by molar-refractivity contribution is 7.98. The summed E-state index contributed by atoms with van der Waals surface area (Å²) in [5, 5.41) is 17.5. The molecular formula is C20H21N5O2S. The monoisotopic (exact) mass is 395 g/mol. The number of benzene rings is 1. The van der Waals surface area contributed by atoms with E-state index in [2.05, 4.69) is 65.4 Å². The lowest BCUT2D eigenvalue weighted by molar-refractivity contribution is 0.494. The van der Waals surface area contributed by atoms with Gasteiger partial charge in [0.05, 0.1) is 12.0 Å². The molecule has 0 unspecified atom stereocenters. The molecule has 0 atom stereocenters. The highest BCUT2D eigenvalue weighted by atomic mass is 32.2. The van der Waals surface area contributed by atoms with Crippen molar-refractivity contribution in [2.75, 3.05) is 0 Å². The standard InChI is InChI=1S/C20H21N5O2S/c1-20(2,3)14-9-7-13(8-10-14)17-22-24-19(25(17)4)28-12-16-21-23-18(27-16)15-6-5-11-26-15/h5-11H,12H2,1-4H3. The maximum atomic E-state index is 5.63. The van der Waals surface area contributed by atoms with Crippen LogP contribution in [0.25, 0.3) is 23.0 Å². The number of hydrogen-bond acceptors (Lipinski definition) is 7. The van der Waals surface area contributed by atoms with Gasteiger partial charge in [-0.3, -0.25) is 0 Å². The summed E-state index contributed by atoms with van der Waals surface area (Å²) in [5.41, 5.74) is 2.45. The predicted molar refractivity (Wildman–Crippen MR) is 107 cm³/mol. The van der Waals surface area contributed by atoms with E-state index < -0.39 is 0 Å². The second-order valence-corrected chi connectivity index (χ2v) is 8.40. The first-order valence-electron chi connectivity index (χ1n) is 8.91. The Balaban J connectivity index is 1.47. The highest BCUT2D eigenvalue weighted by Gasteiger charge is 2.17. The van der Waals surface area contributed by atoms with Crippen LogP contribution in [-0.4, -0.2) is 25.0 Å². The summed E-state index contributed by atoms with van der Waals surface area (Å²) in [5.74, 6) is 2.77. The Morgan fingerprint density at radius 2 is 1.79 bits per heavy atom. The molecule has 3 aromatic heterocycles. The molecule has 0 aliphatic carbocycles. The number of rotatable bonds is 5. The van der Waals surface area contributed by atoms with Crippen LogP contribution in [0.3, 0.4) is 0 Å². The number of hydrogen-bond donors (Lipinski definition) is 0. The van der Waals surface area contributed by atoms with Gasteiger partial charge in [0.15, 0.2) is 16.7 Å². The first-order chi connectivity index (χ1) is 13.4. The molecule has 0 aliphatic rings. The smallest absolute Gasteiger partial charge is 0.283 e. The highest BCUT2D eigenvalue weighted by Crippen LogP contribution is 2.28. The third-order valence-corrected chi connectivity index (χ3v) is 5.37. The molecule has 0 radical (unpaired) electrons. The molecule has 3 heterocycles. The van der Waals surface area contributed by atoms with E-state index in [1.54, 1.807) is 18.4 Å². The fraction of sp³-hybridized carbons (Fsp3) is 0.300. The molecule has 8 heteroatoms. The first-order valence-corrected chi connectivity index (χ1v) is 9.90. The molecule has 0 saturated carbocycles. The van der Waals surface area contributed by atoms with Crippen molar-refractivity contribution in [1.29, 1.82) is 0 Å². The average molecular weight is 395 g/mol. The average Bonchev–Trinajstić information content (AvgIpc) is 3.40. The maximum absolute atomic E-state index is 5.63. The van der Waals surface area contributed by atoms with Crippen LogP contribution in [-0.2, 0) is 18.2 Å². The number of aromatic nitrogens is 5. The van der Waals surface area contributed by atoms with Crippen molar-refractivity contribution in [3.63, 3.8) is 0 Å². The molecule has 28 heavy (non-hydrogen) atoms. The van der Waals surface area contributed by atoms with E-state index >= 15 is 0 Å². The lowest BCUT2D eigenvalue weighted by Crippen LogP contribution is -2.10. The van der Waals surface area contributed by atoms with Gasteiger partial charge in [-0.15, -0.1) is 20.4 Å². The van der Waals surface area contributed by atoms with Crippen LogP contribution in [0, 0.1) is 0 Å². The van der Waals surface area contributed by atoms with E-state index in [-0.39, 0.29) is 5.41 Å². The topological polar surface area (TPSA) is 82.8 Å². The zero-order valence-electron chi connectivity index (χ0n) is 16.2. The fourth-order valence-electron chi connectivity index (χ4n) is 2.75. The van der Waals surface area contributed by atoms with Gasteiger partial charge in [0, 0.05) is 12.6 Å². The Kier molecular flexibility index (Phi) is 4.80. The summed E-state index contributed by atoms with van der Waals surface area (Å²) in [6.07, 6.45) is 1.57. The Morgan fingerprint density at radius 1 is 1.00 bits per heavy atom. The Morgan fingerprint density at radius 3 is 2.46 bits per heavy atom. The van der Waals surface area contributed by atoms with Crippen molar-refractivity contribution >= 4 is 11.8 Å². The molecule has 0 amide bonds. The molecule has 7 nitrogen and oxygen atoms in total. The van der Waals surface area contributed by atoms with E-state index in [9.17, 15) is 0 Å². The summed E-state index contributed by atoms with van der Waals surface area (Å²) in [4.78, 5) is 0. The second-order valence-electron chi connectivity index (χ2n) is 7.46. The first kappa shape index (κ1) is 18.5. The molecule has 4 rings (SSSR count). The van der Waals surface area contributed by atoms with Gasteiger partial charge >= 0.3 is 0 Å². The zero-order chi connectivity index (χ0) is 19.7. The van der Waals surface area contributed by atoms with E-state index in [1.807, 2.05) is 11.6 Å². The minimum Gasteiger partial charge on any atom is -0.459 e. The number of thioether (sulfide) groups is 1. The van der Waals surface area contributed by atoms with Crippen molar-refractivity contribution in [1.82, 2.24) is 25.0 Å². The lowest BCUT2D eigenvalue weighted by atomic mass is 9.87. The van der Waals surface area contributed by atoms with Crippen LogP contribution in [0.5, 0.6) is 0 Å². The largest absolute Gasteiger partial charge is 0.459 e. The minimum atomic E-state index is 0.123. The number of nitrogens with zero attached hydrogens (tertiary/aromatic N) is 5. The molecule has 144 valence electrons. The van der Waals surface area contributed by atoms with Gasteiger partial charge in [-0.1, -0.05) is 56.8 Å². The van der Waals surface area contributed by atoms with Gasteiger partial charge in [-0.2, -0.15) is 0 Å². The van der Waals surface area contributed by atoms with Crippen LogP contribution >= 0.6 is 11.8 Å². The van der Waals surface area contributed by atoms with Crippen molar-refractivity contribution in [3.05, 3.63) is 54.1 Å². The summed E-state index contributed by atoms with van der Waals surface area (Å²) in [7, 11) is 1.96. The van der Waals surface area contributed by atoms with E-state index in [0.29, 0.717) is 23.3 Å². The van der Waals surface area contributed by atoms with Crippen LogP contribution in [0.15, 0.2) is 56.7 Å². The molecule has 4 aromatic rings. The fourth-order valence-corrected chi connectivity index (χ4v) is 3.50. The molecule has 0 fully saturated rings. The van der Waals surface area contributed by atoms with Crippen molar-refractivity contribution in [2.45, 2.75) is 37.1 Å². The van der Waals surface area contributed by atoms with Crippen LogP contribution in [0.1, 0.15) is 32.2 Å². The SMILES string of the molecule is Cn1c(SCc2nnc(-c3ccco3)o2)nnc1-c1ccc(C(C)(C)C)cc1. The number of furan rings is 1. The molecule has 0 saturated heterocycles. The molecular weight excluding hydrogens is 374 g/mol. The molecule has 0 spiro atoms. The van der Waals surface area contributed by atoms with E-state index in [1.165, 1.54) is 17.3 Å². The van der Waals surface area contributed by atoms with E-state index in [4.69, 9.17) is 8.83 Å². The Hall–Kier alpha value is -2.87. The summed E-state index contributed by atoms with van der Waals surface area (Å²) in [6.45, 7) is 6.61. The Bertz CT molecular complexity index is 1060. The van der Waals surface area contributed by atoms with Crippen molar-refractivity contribution in [2.24, 2.45) is 7.05 Å². The van der Waals surface area contributed by atoms with Gasteiger partial charge in [0.2, 0.25) is 5.89 Å². The van der Waals surface area contributed by atoms with Crippen LogP contribution in [0.4, 0.5) is 0 Å². The van der Waals surface area contributed by atoms with Gasteiger partial charge in [-0.25, -0.2) is 0 Å². The molecule has 0 N–H and O–H groups in total. The van der Waals surface area contributed by atoms with Crippen LogP contribution in [0.2, 0.25) is 0 Å². The third-order valence-electron chi connectivity index (χ3n) is 4.37. The zero-order valence-corrected chi connectivity index (χ0v) is 17.0. The summed E-state index contributed by atoms with van der Waals surface area (Å²) in [6, 6.07) is 12.0. The lowest BCUT2D eigenvalue weighted by Gasteiger charge is -2.19. The summed E-state index contributed by atoms with van der Waals surface area (Å²) < 4.78 is 12.9. The van der Waals surface area contributed by atoms with Gasteiger partial charge in [0.1, 0.15) is 0 Å². The van der Waals surface area contributed by atoms with Crippen molar-refractivity contribution in [3.8, 4) is 23.0 Å². The van der Waals surface area contributed by atoms with Crippen molar-refractivity contribution < 1.29 is 8.83 Å². The quantitative estimate of drug-likeness (QED) is 0.452. The second kappa shape index (κ2) is 7.27. The predicted octanol–water partition coefficient (Wildman–Crippen LogP) is 4.71. The normalized spacial score (nSPS) is 11.9. The van der Waals surface area contributed by atoms with E-state index in [0.717, 1.165) is 16.5 Å². The summed E-state index contributed by atoms with van der Waals surface area (Å²) >= 11 is 1.50. The molecule has 0 bridgehead atoms. The maximum Gasteiger partial charge on any atom is 0.283 e. The van der Waals surface area contributed by atoms with Gasteiger partial charge in [0.25, 0.3) is 5.89 Å². The van der Waals surface area contributed by atoms with Crippen LogP contribution < -0.4 is 0 Å².